The van der Waals surface area contributed by atoms with E-state index in [0.29, 0.717) is 24.9 Å². The molecule has 10 nitrogen and oxygen atoms in total. The first kappa shape index (κ1) is 26.2. The van der Waals surface area contributed by atoms with Crippen LogP contribution in [0.1, 0.15) is 13.3 Å². The van der Waals surface area contributed by atoms with Gasteiger partial charge >= 0.3 is 0 Å². The van der Waals surface area contributed by atoms with Gasteiger partial charge in [0.15, 0.2) is 0 Å². The van der Waals surface area contributed by atoms with E-state index in [4.69, 9.17) is 32.7 Å². The minimum atomic E-state index is -3.73. The highest BCUT2D eigenvalue weighted by Crippen LogP contribution is 2.45. The Balaban J connectivity index is 2.00. The maximum atomic E-state index is 13.9. The number of amides is 1. The van der Waals surface area contributed by atoms with E-state index < -0.39 is 20.6 Å². The molecule has 1 fully saturated rings. The van der Waals surface area contributed by atoms with Crippen LogP contribution in [-0.4, -0.2) is 67.3 Å². The summed E-state index contributed by atoms with van der Waals surface area (Å²) in [7, 11) is -0.873. The van der Waals surface area contributed by atoms with Gasteiger partial charge in [-0.3, -0.25) is 14.2 Å². The van der Waals surface area contributed by atoms with Crippen LogP contribution in [0, 0.1) is 5.92 Å². The van der Waals surface area contributed by atoms with Gasteiger partial charge in [-0.25, -0.2) is 13.4 Å². The van der Waals surface area contributed by atoms with E-state index in [-0.39, 0.29) is 56.7 Å². The lowest BCUT2D eigenvalue weighted by Crippen LogP contribution is -2.30. The van der Waals surface area contributed by atoms with E-state index in [1.807, 2.05) is 0 Å². The number of carbonyl (C=O) groups excluding carboxylic acids is 1. The molecule has 1 aliphatic rings. The Kier molecular flexibility index (Phi) is 7.18. The molecule has 0 N–H and O–H groups in total. The number of likely N-dealkylation sites (tertiary alicyclic amines) is 1. The molecule has 0 saturated carbocycles. The Bertz CT molecular complexity index is 1510. The highest BCUT2D eigenvalue weighted by molar-refractivity contribution is 7.90. The molecule has 2 aromatic heterocycles. The number of carbonyl (C=O) groups is 1. The van der Waals surface area contributed by atoms with E-state index in [0.717, 1.165) is 6.26 Å². The summed E-state index contributed by atoms with van der Waals surface area (Å²) < 4.78 is 36.4. The molecule has 0 unspecified atom stereocenters. The number of hydrogen-bond donors (Lipinski definition) is 0. The summed E-state index contributed by atoms with van der Waals surface area (Å²) >= 11 is 13.2. The fourth-order valence-corrected chi connectivity index (χ4v) is 5.52. The van der Waals surface area contributed by atoms with Crippen LogP contribution in [0.3, 0.4) is 0 Å². The standard InChI is InChI=1S/C23H24Cl2N4O6S/c1-12(30)28-6-5-13(10-28)11-29-21-14(9-26-23(27-21)36(4,32)33)7-15(22(29)31)18-19(24)16(34-2)8-17(35-3)20(18)25/h7-9,13H,5-6,10-11H2,1-4H3/t13-/m1/s1. The lowest BCUT2D eigenvalue weighted by atomic mass is 10.0. The summed E-state index contributed by atoms with van der Waals surface area (Å²) in [5.74, 6) is 0.422. The summed E-state index contributed by atoms with van der Waals surface area (Å²) in [6.45, 7) is 2.73. The molecular formula is C23H24Cl2N4O6S. The minimum Gasteiger partial charge on any atom is -0.495 e. The second kappa shape index (κ2) is 9.87. The zero-order valence-corrected chi connectivity index (χ0v) is 22.4. The lowest BCUT2D eigenvalue weighted by Gasteiger charge is -2.19. The van der Waals surface area contributed by atoms with Crippen molar-refractivity contribution < 1.29 is 22.7 Å². The number of fused-ring (bicyclic) bond motifs is 1. The summed E-state index contributed by atoms with van der Waals surface area (Å²) in [6, 6.07) is 3.03. The number of hydrogen-bond acceptors (Lipinski definition) is 8. The highest BCUT2D eigenvalue weighted by atomic mass is 35.5. The SMILES string of the molecule is COc1cc(OC)c(Cl)c(-c2cc3cnc(S(C)(=O)=O)nc3n(C[C@@H]3CCN(C(C)=O)C3)c2=O)c1Cl. The van der Waals surface area contributed by atoms with Crippen molar-refractivity contribution in [1.82, 2.24) is 19.4 Å². The molecule has 0 spiro atoms. The van der Waals surface area contributed by atoms with Gasteiger partial charge in [-0.1, -0.05) is 23.2 Å². The van der Waals surface area contributed by atoms with E-state index in [1.165, 1.54) is 44.0 Å². The largest absolute Gasteiger partial charge is 0.495 e. The normalized spacial score (nSPS) is 15.9. The van der Waals surface area contributed by atoms with Crippen molar-refractivity contribution in [3.63, 3.8) is 0 Å². The Morgan fingerprint density at radius 2 is 1.81 bits per heavy atom. The Morgan fingerprint density at radius 3 is 2.33 bits per heavy atom. The van der Waals surface area contributed by atoms with Gasteiger partial charge in [0.25, 0.3) is 5.56 Å². The second-order valence-electron chi connectivity index (χ2n) is 8.58. The molecule has 36 heavy (non-hydrogen) atoms. The third-order valence-corrected chi connectivity index (χ3v) is 7.76. The summed E-state index contributed by atoms with van der Waals surface area (Å²) in [4.78, 5) is 35.7. The number of nitrogens with zero attached hydrogens (tertiary/aromatic N) is 4. The van der Waals surface area contributed by atoms with Crippen molar-refractivity contribution in [2.45, 2.75) is 25.0 Å². The van der Waals surface area contributed by atoms with Gasteiger partial charge in [0.1, 0.15) is 17.1 Å². The molecule has 0 radical (unpaired) electrons. The number of pyridine rings is 1. The fourth-order valence-electron chi connectivity index (χ4n) is 4.32. The Hall–Kier alpha value is -2.89. The number of methoxy groups -OCH3 is 2. The van der Waals surface area contributed by atoms with Crippen molar-refractivity contribution in [2.75, 3.05) is 33.6 Å². The molecule has 1 aromatic carbocycles. The van der Waals surface area contributed by atoms with Gasteiger partial charge in [-0.05, 0) is 18.4 Å². The van der Waals surface area contributed by atoms with E-state index in [2.05, 4.69) is 9.97 Å². The maximum Gasteiger partial charge on any atom is 0.260 e. The number of aromatic nitrogens is 3. The van der Waals surface area contributed by atoms with Crippen LogP contribution in [0.15, 0.2) is 28.3 Å². The number of sulfone groups is 1. The molecule has 0 bridgehead atoms. The van der Waals surface area contributed by atoms with E-state index in [1.54, 1.807) is 4.90 Å². The molecule has 192 valence electrons. The first-order valence-electron chi connectivity index (χ1n) is 10.9. The molecule has 3 heterocycles. The fraction of sp³-hybridized carbons (Fsp3) is 0.391. The van der Waals surface area contributed by atoms with Crippen LogP contribution in [0.2, 0.25) is 10.0 Å². The average Bonchev–Trinajstić information content (AvgIpc) is 3.30. The van der Waals surface area contributed by atoms with Crippen molar-refractivity contribution in [3.8, 4) is 22.6 Å². The molecule has 13 heteroatoms. The van der Waals surface area contributed by atoms with Crippen LogP contribution >= 0.6 is 23.2 Å². The number of ether oxygens (including phenoxy) is 2. The van der Waals surface area contributed by atoms with Crippen molar-refractivity contribution in [1.29, 1.82) is 0 Å². The topological polar surface area (TPSA) is 121 Å². The van der Waals surface area contributed by atoms with Gasteiger partial charge < -0.3 is 14.4 Å². The highest BCUT2D eigenvalue weighted by Gasteiger charge is 2.28. The van der Waals surface area contributed by atoms with Gasteiger partial charge in [0, 0.05) is 56.0 Å². The molecule has 4 rings (SSSR count). The molecule has 1 saturated heterocycles. The number of rotatable bonds is 6. The molecule has 1 atom stereocenters. The van der Waals surface area contributed by atoms with Crippen LogP contribution in [0.25, 0.3) is 22.2 Å². The minimum absolute atomic E-state index is 0.0486. The Labute approximate surface area is 217 Å². The number of benzene rings is 1. The van der Waals surface area contributed by atoms with E-state index in [9.17, 15) is 18.0 Å². The molecule has 1 amide bonds. The summed E-state index contributed by atoms with van der Waals surface area (Å²) in [5.41, 5.74) is 0.0228. The van der Waals surface area contributed by atoms with Crippen LogP contribution in [0.5, 0.6) is 11.5 Å². The van der Waals surface area contributed by atoms with Crippen LogP contribution < -0.4 is 15.0 Å². The first-order chi connectivity index (χ1) is 17.0. The summed E-state index contributed by atoms with van der Waals surface area (Å²) in [6.07, 6.45) is 3.01. The lowest BCUT2D eigenvalue weighted by molar-refractivity contribution is -0.127. The smallest absolute Gasteiger partial charge is 0.260 e. The third-order valence-electron chi connectivity index (χ3n) is 6.15. The van der Waals surface area contributed by atoms with Crippen LogP contribution in [-0.2, 0) is 21.2 Å². The average molecular weight is 555 g/mol. The molecule has 0 aliphatic carbocycles. The van der Waals surface area contributed by atoms with Crippen molar-refractivity contribution in [2.24, 2.45) is 5.92 Å². The van der Waals surface area contributed by atoms with Gasteiger partial charge in [-0.15, -0.1) is 0 Å². The molecular weight excluding hydrogens is 531 g/mol. The van der Waals surface area contributed by atoms with Gasteiger partial charge in [0.05, 0.1) is 29.8 Å². The molecule has 3 aromatic rings. The zero-order valence-electron chi connectivity index (χ0n) is 20.0. The predicted molar refractivity (Wildman–Crippen MR) is 136 cm³/mol. The van der Waals surface area contributed by atoms with Gasteiger partial charge in [0.2, 0.25) is 20.9 Å². The second-order valence-corrected chi connectivity index (χ2v) is 11.2. The number of halogens is 2. The van der Waals surface area contributed by atoms with E-state index >= 15 is 0 Å². The van der Waals surface area contributed by atoms with Crippen molar-refractivity contribution >= 4 is 50.0 Å². The van der Waals surface area contributed by atoms with Crippen molar-refractivity contribution in [3.05, 3.63) is 38.7 Å². The van der Waals surface area contributed by atoms with Crippen LogP contribution in [0.4, 0.5) is 0 Å². The summed E-state index contributed by atoms with van der Waals surface area (Å²) in [5, 5.41) is 0.242. The Morgan fingerprint density at radius 1 is 1.17 bits per heavy atom. The molecule has 1 aliphatic heterocycles. The van der Waals surface area contributed by atoms with Gasteiger partial charge in [-0.2, -0.15) is 4.98 Å². The quantitative estimate of drug-likeness (QED) is 0.426. The zero-order chi connectivity index (χ0) is 26.4. The monoisotopic (exact) mass is 554 g/mol. The first-order valence-corrected chi connectivity index (χ1v) is 13.6. The maximum absolute atomic E-state index is 13.9. The third kappa shape index (κ3) is 4.74. The predicted octanol–water partition coefficient (Wildman–Crippen LogP) is 3.05.